The summed E-state index contributed by atoms with van der Waals surface area (Å²) in [5, 5.41) is 4.98. The molecule has 2 rings (SSSR count). The molecule has 0 radical (unpaired) electrons. The summed E-state index contributed by atoms with van der Waals surface area (Å²) in [7, 11) is 0. The normalized spacial score (nSPS) is 10.0. The third kappa shape index (κ3) is 5.28. The van der Waals surface area contributed by atoms with E-state index in [0.717, 1.165) is 12.0 Å². The lowest BCUT2D eigenvalue weighted by atomic mass is 10.1. The van der Waals surface area contributed by atoms with Crippen molar-refractivity contribution in [3.8, 4) is 0 Å². The van der Waals surface area contributed by atoms with Crippen molar-refractivity contribution in [3.05, 3.63) is 54.0 Å². The monoisotopic (exact) mass is 330 g/mol. The number of carbonyl (C=O) groups excluding carboxylic acids is 3. The Morgan fingerprint density at radius 3 is 2.71 bits per heavy atom. The highest BCUT2D eigenvalue weighted by molar-refractivity contribution is 5.95. The molecular formula is C17H18N2O5. The number of esters is 1. The highest BCUT2D eigenvalue weighted by atomic mass is 16.5. The van der Waals surface area contributed by atoms with Gasteiger partial charge in [0.05, 0.1) is 6.26 Å². The van der Waals surface area contributed by atoms with Crippen LogP contribution in [0.15, 0.2) is 47.1 Å². The van der Waals surface area contributed by atoms with Crippen LogP contribution in [0.1, 0.15) is 23.0 Å². The van der Waals surface area contributed by atoms with Gasteiger partial charge >= 0.3 is 5.97 Å². The van der Waals surface area contributed by atoms with Crippen LogP contribution in [-0.2, 0) is 20.7 Å². The number of hydrogen-bond donors (Lipinski definition) is 2. The number of aryl methyl sites for hydroxylation is 1. The van der Waals surface area contributed by atoms with Crippen molar-refractivity contribution in [2.75, 3.05) is 18.5 Å². The lowest BCUT2D eigenvalue weighted by Gasteiger charge is -2.08. The zero-order valence-corrected chi connectivity index (χ0v) is 13.2. The average molecular weight is 330 g/mol. The van der Waals surface area contributed by atoms with Crippen LogP contribution in [0.4, 0.5) is 5.69 Å². The number of amides is 2. The molecule has 126 valence electrons. The van der Waals surface area contributed by atoms with Gasteiger partial charge in [0.25, 0.3) is 11.8 Å². The number of rotatable bonds is 7. The smallest absolute Gasteiger partial charge is 0.325 e. The SMILES string of the molecule is CCc1cccc(NC(=O)COC(=O)CNC(=O)c2ccco2)c1. The predicted octanol–water partition coefficient (Wildman–Crippen LogP) is 1.75. The van der Waals surface area contributed by atoms with E-state index in [1.165, 1.54) is 12.3 Å². The first-order chi connectivity index (χ1) is 11.6. The maximum Gasteiger partial charge on any atom is 0.325 e. The van der Waals surface area contributed by atoms with Crippen LogP contribution >= 0.6 is 0 Å². The van der Waals surface area contributed by atoms with Gasteiger partial charge in [0.15, 0.2) is 12.4 Å². The molecule has 2 amide bonds. The summed E-state index contributed by atoms with van der Waals surface area (Å²) in [4.78, 5) is 34.8. The minimum atomic E-state index is -0.715. The van der Waals surface area contributed by atoms with Gasteiger partial charge in [-0.05, 0) is 36.2 Å². The number of hydrogen-bond acceptors (Lipinski definition) is 5. The Bertz CT molecular complexity index is 710. The van der Waals surface area contributed by atoms with E-state index in [1.807, 2.05) is 25.1 Å². The zero-order chi connectivity index (χ0) is 17.4. The highest BCUT2D eigenvalue weighted by Gasteiger charge is 2.12. The largest absolute Gasteiger partial charge is 0.459 e. The molecule has 0 bridgehead atoms. The third-order valence-corrected chi connectivity index (χ3v) is 3.12. The minimum Gasteiger partial charge on any atom is -0.459 e. The van der Waals surface area contributed by atoms with E-state index in [0.29, 0.717) is 5.69 Å². The van der Waals surface area contributed by atoms with Gasteiger partial charge in [0.2, 0.25) is 0 Å². The lowest BCUT2D eigenvalue weighted by molar-refractivity contribution is -0.146. The summed E-state index contributed by atoms with van der Waals surface area (Å²) in [6.07, 6.45) is 2.21. The molecule has 0 atom stereocenters. The van der Waals surface area contributed by atoms with E-state index in [-0.39, 0.29) is 12.3 Å². The molecule has 0 aliphatic carbocycles. The van der Waals surface area contributed by atoms with Crippen LogP contribution in [0.2, 0.25) is 0 Å². The van der Waals surface area contributed by atoms with Crippen molar-refractivity contribution in [1.29, 1.82) is 0 Å². The van der Waals surface area contributed by atoms with E-state index < -0.39 is 24.4 Å². The second kappa shape index (κ2) is 8.52. The first-order valence-electron chi connectivity index (χ1n) is 7.44. The van der Waals surface area contributed by atoms with E-state index in [2.05, 4.69) is 10.6 Å². The lowest BCUT2D eigenvalue weighted by Crippen LogP contribution is -2.32. The Balaban J connectivity index is 1.71. The second-order valence-corrected chi connectivity index (χ2v) is 4.92. The number of benzene rings is 1. The zero-order valence-electron chi connectivity index (χ0n) is 13.2. The fraction of sp³-hybridized carbons (Fsp3) is 0.235. The van der Waals surface area contributed by atoms with Gasteiger partial charge in [0, 0.05) is 5.69 Å². The van der Waals surface area contributed by atoms with Gasteiger partial charge in [-0.2, -0.15) is 0 Å². The summed E-state index contributed by atoms with van der Waals surface area (Å²) in [6.45, 7) is 1.24. The molecular weight excluding hydrogens is 312 g/mol. The topological polar surface area (TPSA) is 97.6 Å². The maximum atomic E-state index is 11.8. The van der Waals surface area contributed by atoms with Crippen molar-refractivity contribution in [1.82, 2.24) is 5.32 Å². The van der Waals surface area contributed by atoms with Crippen LogP contribution in [0.3, 0.4) is 0 Å². The van der Waals surface area contributed by atoms with Gasteiger partial charge in [-0.25, -0.2) is 0 Å². The Labute approximate surface area is 139 Å². The summed E-state index contributed by atoms with van der Waals surface area (Å²) >= 11 is 0. The van der Waals surface area contributed by atoms with Crippen LogP contribution in [-0.4, -0.2) is 30.9 Å². The summed E-state index contributed by atoms with van der Waals surface area (Å²) in [6, 6.07) is 10.4. The number of anilines is 1. The molecule has 2 aromatic rings. The van der Waals surface area contributed by atoms with Gasteiger partial charge in [-0.3, -0.25) is 14.4 Å². The van der Waals surface area contributed by atoms with Crippen LogP contribution in [0, 0.1) is 0 Å². The summed E-state index contributed by atoms with van der Waals surface area (Å²) in [5.74, 6) is -1.60. The molecule has 2 N–H and O–H groups in total. The standard InChI is InChI=1S/C17H18N2O5/c1-2-12-5-3-6-13(9-12)19-15(20)11-24-16(21)10-18-17(22)14-7-4-8-23-14/h3-9H,2,10-11H2,1H3,(H,18,22)(H,19,20). The van der Waals surface area contributed by atoms with Gasteiger partial charge in [-0.15, -0.1) is 0 Å². The van der Waals surface area contributed by atoms with E-state index in [9.17, 15) is 14.4 Å². The van der Waals surface area contributed by atoms with Gasteiger partial charge in [-0.1, -0.05) is 19.1 Å². The number of carbonyl (C=O) groups is 3. The quantitative estimate of drug-likeness (QED) is 0.754. The van der Waals surface area contributed by atoms with Crippen LogP contribution < -0.4 is 10.6 Å². The Hall–Kier alpha value is -3.09. The predicted molar refractivity (Wildman–Crippen MR) is 86.4 cm³/mol. The van der Waals surface area contributed by atoms with E-state index >= 15 is 0 Å². The number of nitrogens with one attached hydrogen (secondary N) is 2. The van der Waals surface area contributed by atoms with Gasteiger partial charge < -0.3 is 19.8 Å². The molecule has 0 fully saturated rings. The Morgan fingerprint density at radius 2 is 2.00 bits per heavy atom. The summed E-state index contributed by atoms with van der Waals surface area (Å²) in [5.41, 5.74) is 1.73. The number of ether oxygens (including phenoxy) is 1. The van der Waals surface area contributed by atoms with Crippen LogP contribution in [0.25, 0.3) is 0 Å². The first-order valence-corrected chi connectivity index (χ1v) is 7.44. The molecule has 7 nitrogen and oxygen atoms in total. The molecule has 0 unspecified atom stereocenters. The number of furan rings is 1. The first kappa shape index (κ1) is 17.3. The molecule has 0 saturated carbocycles. The Kier molecular flexibility index (Phi) is 6.13. The van der Waals surface area contributed by atoms with Crippen molar-refractivity contribution < 1.29 is 23.5 Å². The average Bonchev–Trinajstić information content (AvgIpc) is 3.12. The third-order valence-electron chi connectivity index (χ3n) is 3.12. The molecule has 0 spiro atoms. The van der Waals surface area contributed by atoms with E-state index in [1.54, 1.807) is 12.1 Å². The van der Waals surface area contributed by atoms with E-state index in [4.69, 9.17) is 9.15 Å². The minimum absolute atomic E-state index is 0.0938. The van der Waals surface area contributed by atoms with Crippen LogP contribution in [0.5, 0.6) is 0 Å². The molecule has 7 heteroatoms. The molecule has 0 aliphatic rings. The van der Waals surface area contributed by atoms with Crippen molar-refractivity contribution in [3.63, 3.8) is 0 Å². The molecule has 0 saturated heterocycles. The molecule has 1 heterocycles. The van der Waals surface area contributed by atoms with Crippen molar-refractivity contribution in [2.24, 2.45) is 0 Å². The molecule has 24 heavy (non-hydrogen) atoms. The summed E-state index contributed by atoms with van der Waals surface area (Å²) < 4.78 is 9.69. The van der Waals surface area contributed by atoms with Gasteiger partial charge in [0.1, 0.15) is 6.54 Å². The molecule has 1 aromatic heterocycles. The maximum absolute atomic E-state index is 11.8. The fourth-order valence-electron chi connectivity index (χ4n) is 1.91. The fourth-order valence-corrected chi connectivity index (χ4v) is 1.91. The van der Waals surface area contributed by atoms with Crippen molar-refractivity contribution >= 4 is 23.5 Å². The molecule has 1 aromatic carbocycles. The Morgan fingerprint density at radius 1 is 1.17 bits per heavy atom. The highest BCUT2D eigenvalue weighted by Crippen LogP contribution is 2.10. The van der Waals surface area contributed by atoms with Crippen molar-refractivity contribution in [2.45, 2.75) is 13.3 Å². The second-order valence-electron chi connectivity index (χ2n) is 4.92. The molecule has 0 aliphatic heterocycles.